The van der Waals surface area contributed by atoms with Crippen molar-refractivity contribution in [1.82, 2.24) is 0 Å². The second kappa shape index (κ2) is 6.12. The van der Waals surface area contributed by atoms with Gasteiger partial charge in [-0.05, 0) is 12.3 Å². The van der Waals surface area contributed by atoms with Gasteiger partial charge in [0.15, 0.2) is 12.1 Å². The predicted octanol–water partition coefficient (Wildman–Crippen LogP) is 3.35. The lowest BCUT2D eigenvalue weighted by molar-refractivity contribution is -0.183. The zero-order valence-electron chi connectivity index (χ0n) is 11.0. The minimum atomic E-state index is -0.270. The molecule has 0 aromatic heterocycles. The first-order chi connectivity index (χ1) is 8.66. The van der Waals surface area contributed by atoms with E-state index in [4.69, 9.17) is 9.47 Å². The molecule has 0 N–H and O–H groups in total. The van der Waals surface area contributed by atoms with Crippen LogP contribution >= 0.6 is 0 Å². The number of rotatable bonds is 4. The molecule has 0 unspecified atom stereocenters. The monoisotopic (exact) mass is 248 g/mol. The van der Waals surface area contributed by atoms with Crippen molar-refractivity contribution in [3.63, 3.8) is 0 Å². The largest absolute Gasteiger partial charge is 0.348 e. The van der Waals surface area contributed by atoms with E-state index in [1.54, 1.807) is 0 Å². The maximum Gasteiger partial charge on any atom is 0.183 e. The molecule has 0 atom stereocenters. The maximum absolute atomic E-state index is 11.9. The Kier molecular flexibility index (Phi) is 4.50. The molecule has 1 fully saturated rings. The Morgan fingerprint density at radius 1 is 1.22 bits per heavy atom. The summed E-state index contributed by atoms with van der Waals surface area (Å²) in [6, 6.07) is 7.57. The molecule has 0 aliphatic carbocycles. The van der Waals surface area contributed by atoms with Gasteiger partial charge in [-0.25, -0.2) is 0 Å². The molecule has 1 aromatic rings. The van der Waals surface area contributed by atoms with E-state index in [0.717, 1.165) is 30.8 Å². The molecule has 0 amide bonds. The summed E-state index contributed by atoms with van der Waals surface area (Å²) in [5.41, 5.74) is 1.75. The van der Waals surface area contributed by atoms with Gasteiger partial charge in [0.05, 0.1) is 13.2 Å². The van der Waals surface area contributed by atoms with Gasteiger partial charge in [-0.1, -0.05) is 38.1 Å². The highest BCUT2D eigenvalue weighted by Crippen LogP contribution is 2.23. The number of ketones is 1. The summed E-state index contributed by atoms with van der Waals surface area (Å²) in [7, 11) is 0. The normalized spacial score (nSPS) is 17.1. The lowest BCUT2D eigenvalue weighted by Gasteiger charge is -2.23. The Labute approximate surface area is 108 Å². The van der Waals surface area contributed by atoms with E-state index in [2.05, 4.69) is 13.8 Å². The maximum atomic E-state index is 11.9. The fourth-order valence-electron chi connectivity index (χ4n) is 2.00. The van der Waals surface area contributed by atoms with E-state index in [1.807, 2.05) is 24.3 Å². The van der Waals surface area contributed by atoms with Gasteiger partial charge in [-0.3, -0.25) is 4.79 Å². The number of carbonyl (C=O) groups is 1. The molecule has 1 aromatic carbocycles. The van der Waals surface area contributed by atoms with Crippen LogP contribution in [0.4, 0.5) is 0 Å². The number of carbonyl (C=O) groups excluding carboxylic acids is 1. The summed E-state index contributed by atoms with van der Waals surface area (Å²) in [5.74, 6) is 0.587. The number of hydrogen-bond donors (Lipinski definition) is 0. The predicted molar refractivity (Wildman–Crippen MR) is 69.5 cm³/mol. The van der Waals surface area contributed by atoms with Crippen LogP contribution in [0.3, 0.4) is 0 Å². The second-order valence-electron chi connectivity index (χ2n) is 5.07. The number of benzene rings is 1. The molecule has 1 heterocycles. The van der Waals surface area contributed by atoms with Crippen molar-refractivity contribution in [3.05, 3.63) is 35.4 Å². The van der Waals surface area contributed by atoms with E-state index >= 15 is 0 Å². The van der Waals surface area contributed by atoms with Gasteiger partial charge < -0.3 is 9.47 Å². The molecule has 0 radical (unpaired) electrons. The van der Waals surface area contributed by atoms with Crippen LogP contribution in [0, 0.1) is 5.92 Å². The first kappa shape index (κ1) is 13.2. The number of Topliss-reactive ketones (excluding diaryl/α,β-unsaturated/α-hetero) is 1. The Morgan fingerprint density at radius 2 is 1.83 bits per heavy atom. The lowest BCUT2D eigenvalue weighted by Crippen LogP contribution is -2.17. The van der Waals surface area contributed by atoms with Crippen molar-refractivity contribution in [2.75, 3.05) is 13.2 Å². The van der Waals surface area contributed by atoms with Crippen LogP contribution in [0.25, 0.3) is 0 Å². The van der Waals surface area contributed by atoms with Crippen molar-refractivity contribution in [2.45, 2.75) is 33.0 Å². The average molecular weight is 248 g/mol. The highest BCUT2D eigenvalue weighted by Gasteiger charge is 2.17. The molecular formula is C15H20O3. The Bertz CT molecular complexity index is 389. The third kappa shape index (κ3) is 3.40. The molecule has 0 spiro atoms. The van der Waals surface area contributed by atoms with Gasteiger partial charge >= 0.3 is 0 Å². The minimum Gasteiger partial charge on any atom is -0.348 e. The molecule has 2 rings (SSSR count). The lowest BCUT2D eigenvalue weighted by atomic mass is 10.0. The quantitative estimate of drug-likeness (QED) is 0.766. The van der Waals surface area contributed by atoms with Crippen LogP contribution in [0.2, 0.25) is 0 Å². The standard InChI is InChI=1S/C15H20O3/c1-11(2)10-14(16)12-4-6-13(7-5-12)15-17-8-3-9-18-15/h4-7,11,15H,3,8-10H2,1-2H3. The molecule has 0 saturated carbocycles. The summed E-state index contributed by atoms with van der Waals surface area (Å²) in [6.45, 7) is 5.57. The summed E-state index contributed by atoms with van der Waals surface area (Å²) in [5, 5.41) is 0. The average Bonchev–Trinajstić information content (AvgIpc) is 2.39. The zero-order chi connectivity index (χ0) is 13.0. The molecule has 18 heavy (non-hydrogen) atoms. The fourth-order valence-corrected chi connectivity index (χ4v) is 2.00. The first-order valence-corrected chi connectivity index (χ1v) is 6.53. The smallest absolute Gasteiger partial charge is 0.183 e. The topological polar surface area (TPSA) is 35.5 Å². The molecule has 1 aliphatic heterocycles. The molecule has 0 bridgehead atoms. The highest BCUT2D eigenvalue weighted by atomic mass is 16.7. The van der Waals surface area contributed by atoms with Gasteiger partial charge in [0, 0.05) is 17.5 Å². The van der Waals surface area contributed by atoms with E-state index in [-0.39, 0.29) is 12.1 Å². The molecule has 1 aliphatic rings. The highest BCUT2D eigenvalue weighted by molar-refractivity contribution is 5.96. The van der Waals surface area contributed by atoms with Crippen molar-refractivity contribution in [1.29, 1.82) is 0 Å². The molecule has 3 heteroatoms. The Morgan fingerprint density at radius 3 is 2.39 bits per heavy atom. The van der Waals surface area contributed by atoms with Crippen LogP contribution < -0.4 is 0 Å². The third-order valence-corrected chi connectivity index (χ3v) is 2.93. The fraction of sp³-hybridized carbons (Fsp3) is 0.533. The molecular weight excluding hydrogens is 228 g/mol. The van der Waals surface area contributed by atoms with Gasteiger partial charge in [0.2, 0.25) is 0 Å². The first-order valence-electron chi connectivity index (χ1n) is 6.53. The third-order valence-electron chi connectivity index (χ3n) is 2.93. The summed E-state index contributed by atoms with van der Waals surface area (Å²) >= 11 is 0. The van der Waals surface area contributed by atoms with Gasteiger partial charge in [-0.2, -0.15) is 0 Å². The van der Waals surface area contributed by atoms with Crippen LogP contribution in [-0.2, 0) is 9.47 Å². The Hall–Kier alpha value is -1.19. The molecule has 3 nitrogen and oxygen atoms in total. The minimum absolute atomic E-state index is 0.196. The van der Waals surface area contributed by atoms with E-state index in [1.165, 1.54) is 0 Å². The zero-order valence-corrected chi connectivity index (χ0v) is 11.0. The van der Waals surface area contributed by atoms with Crippen LogP contribution in [0.5, 0.6) is 0 Å². The van der Waals surface area contributed by atoms with Crippen LogP contribution in [-0.4, -0.2) is 19.0 Å². The number of hydrogen-bond acceptors (Lipinski definition) is 3. The van der Waals surface area contributed by atoms with E-state index in [9.17, 15) is 4.79 Å². The molecule has 98 valence electrons. The van der Waals surface area contributed by atoms with Crippen molar-refractivity contribution in [2.24, 2.45) is 5.92 Å². The van der Waals surface area contributed by atoms with Crippen LogP contribution in [0.15, 0.2) is 24.3 Å². The second-order valence-corrected chi connectivity index (χ2v) is 5.07. The molecule has 1 saturated heterocycles. The van der Waals surface area contributed by atoms with E-state index in [0.29, 0.717) is 12.3 Å². The summed E-state index contributed by atoms with van der Waals surface area (Å²) in [4.78, 5) is 11.9. The Balaban J connectivity index is 2.02. The van der Waals surface area contributed by atoms with Crippen molar-refractivity contribution >= 4 is 5.78 Å². The summed E-state index contributed by atoms with van der Waals surface area (Å²) in [6.07, 6.45) is 1.27. The SMILES string of the molecule is CC(C)CC(=O)c1ccc(C2OCCCO2)cc1. The van der Waals surface area contributed by atoms with Crippen LogP contribution in [0.1, 0.15) is 48.9 Å². The number of ether oxygens (including phenoxy) is 2. The van der Waals surface area contributed by atoms with Gasteiger partial charge in [-0.15, -0.1) is 0 Å². The van der Waals surface area contributed by atoms with Gasteiger partial charge in [0.25, 0.3) is 0 Å². The van der Waals surface area contributed by atoms with Gasteiger partial charge in [0.1, 0.15) is 0 Å². The van der Waals surface area contributed by atoms with Crippen molar-refractivity contribution in [3.8, 4) is 0 Å². The van der Waals surface area contributed by atoms with Crippen molar-refractivity contribution < 1.29 is 14.3 Å². The summed E-state index contributed by atoms with van der Waals surface area (Å²) < 4.78 is 11.0. The van der Waals surface area contributed by atoms with E-state index < -0.39 is 0 Å².